The molecule has 2 rings (SSSR count). The van der Waals surface area contributed by atoms with Crippen molar-refractivity contribution in [3.8, 4) is 5.75 Å². The van der Waals surface area contributed by atoms with Gasteiger partial charge >= 0.3 is 0 Å². The largest absolute Gasteiger partial charge is 0.496 e. The molecule has 1 aromatic rings. The monoisotopic (exact) mass is 263 g/mol. The van der Waals surface area contributed by atoms with Crippen molar-refractivity contribution >= 4 is 5.78 Å². The standard InChI is InChI=1S/C15H21NO3/c1-11-3-4-15(18-2)13(9-11)14(17)10-19-12-5-7-16-8-6-12/h3-4,9,12,16H,5-8,10H2,1-2H3. The molecular weight excluding hydrogens is 242 g/mol. The molecule has 4 heteroatoms. The predicted molar refractivity (Wildman–Crippen MR) is 73.9 cm³/mol. The van der Waals surface area contributed by atoms with Crippen molar-refractivity contribution in [1.82, 2.24) is 5.32 Å². The first kappa shape index (κ1) is 14.0. The van der Waals surface area contributed by atoms with Crippen molar-refractivity contribution in [3.63, 3.8) is 0 Å². The maximum Gasteiger partial charge on any atom is 0.192 e. The van der Waals surface area contributed by atoms with Gasteiger partial charge in [0.15, 0.2) is 5.78 Å². The zero-order valence-corrected chi connectivity index (χ0v) is 11.6. The van der Waals surface area contributed by atoms with Crippen LogP contribution in [0.5, 0.6) is 5.75 Å². The summed E-state index contributed by atoms with van der Waals surface area (Å²) in [5, 5.41) is 3.27. The lowest BCUT2D eigenvalue weighted by atomic mass is 10.1. The number of hydrogen-bond acceptors (Lipinski definition) is 4. The molecule has 0 amide bonds. The summed E-state index contributed by atoms with van der Waals surface area (Å²) in [5.74, 6) is 0.601. The minimum absolute atomic E-state index is 0.0147. The molecule has 19 heavy (non-hydrogen) atoms. The van der Waals surface area contributed by atoms with E-state index in [0.717, 1.165) is 31.5 Å². The molecule has 104 valence electrons. The summed E-state index contributed by atoms with van der Waals surface area (Å²) in [6, 6.07) is 5.61. The van der Waals surface area contributed by atoms with Crippen LogP contribution in [0, 0.1) is 6.92 Å². The van der Waals surface area contributed by atoms with Gasteiger partial charge in [0.2, 0.25) is 0 Å². The molecule has 0 bridgehead atoms. The van der Waals surface area contributed by atoms with Crippen LogP contribution in [0.25, 0.3) is 0 Å². The maximum atomic E-state index is 12.2. The number of methoxy groups -OCH3 is 1. The van der Waals surface area contributed by atoms with E-state index in [4.69, 9.17) is 9.47 Å². The second-order valence-electron chi connectivity index (χ2n) is 4.89. The molecule has 1 fully saturated rings. The first-order valence-electron chi connectivity index (χ1n) is 6.71. The van der Waals surface area contributed by atoms with E-state index in [0.29, 0.717) is 11.3 Å². The Balaban J connectivity index is 1.97. The Labute approximate surface area is 114 Å². The van der Waals surface area contributed by atoms with E-state index in [2.05, 4.69) is 5.32 Å². The molecule has 0 saturated carbocycles. The van der Waals surface area contributed by atoms with Crippen LogP contribution in [-0.2, 0) is 4.74 Å². The number of Topliss-reactive ketones (excluding diaryl/α,β-unsaturated/α-hetero) is 1. The molecule has 0 atom stereocenters. The van der Waals surface area contributed by atoms with Crippen LogP contribution in [0.2, 0.25) is 0 Å². The second kappa shape index (κ2) is 6.68. The number of aryl methyl sites for hydroxylation is 1. The Morgan fingerprint density at radius 1 is 1.37 bits per heavy atom. The van der Waals surface area contributed by atoms with Gasteiger partial charge in [-0.1, -0.05) is 11.6 Å². The average molecular weight is 263 g/mol. The summed E-state index contributed by atoms with van der Waals surface area (Å²) in [7, 11) is 1.58. The van der Waals surface area contributed by atoms with Gasteiger partial charge in [-0.25, -0.2) is 0 Å². The number of ether oxygens (including phenoxy) is 2. The van der Waals surface area contributed by atoms with Gasteiger partial charge in [0.1, 0.15) is 12.4 Å². The lowest BCUT2D eigenvalue weighted by Crippen LogP contribution is -2.33. The van der Waals surface area contributed by atoms with Crippen molar-refractivity contribution < 1.29 is 14.3 Å². The Morgan fingerprint density at radius 3 is 2.79 bits per heavy atom. The van der Waals surface area contributed by atoms with Crippen LogP contribution in [0.3, 0.4) is 0 Å². The molecule has 1 aromatic carbocycles. The summed E-state index contributed by atoms with van der Waals surface area (Å²) in [5.41, 5.74) is 1.66. The van der Waals surface area contributed by atoms with Gasteiger partial charge in [-0.05, 0) is 45.0 Å². The van der Waals surface area contributed by atoms with Gasteiger partial charge in [-0.3, -0.25) is 4.79 Å². The molecular formula is C15H21NO3. The van der Waals surface area contributed by atoms with Gasteiger partial charge in [-0.15, -0.1) is 0 Å². The number of benzene rings is 1. The van der Waals surface area contributed by atoms with Gasteiger partial charge in [0.25, 0.3) is 0 Å². The number of rotatable bonds is 5. The Kier molecular flexibility index (Phi) is 4.93. The molecule has 0 aliphatic carbocycles. The third kappa shape index (κ3) is 3.78. The van der Waals surface area contributed by atoms with E-state index in [1.807, 2.05) is 25.1 Å². The summed E-state index contributed by atoms with van der Waals surface area (Å²) in [4.78, 5) is 12.2. The summed E-state index contributed by atoms with van der Waals surface area (Å²) >= 11 is 0. The molecule has 0 unspecified atom stereocenters. The highest BCUT2D eigenvalue weighted by Crippen LogP contribution is 2.20. The molecule has 1 N–H and O–H groups in total. The summed E-state index contributed by atoms with van der Waals surface area (Å²) in [6.45, 7) is 4.02. The Morgan fingerprint density at radius 2 is 2.11 bits per heavy atom. The number of carbonyl (C=O) groups excluding carboxylic acids is 1. The lowest BCUT2D eigenvalue weighted by Gasteiger charge is -2.22. The zero-order valence-electron chi connectivity index (χ0n) is 11.6. The fourth-order valence-electron chi connectivity index (χ4n) is 2.27. The molecule has 1 saturated heterocycles. The first-order chi connectivity index (χ1) is 9.20. The van der Waals surface area contributed by atoms with E-state index in [9.17, 15) is 4.79 Å². The minimum atomic E-state index is -0.0147. The number of hydrogen-bond donors (Lipinski definition) is 1. The van der Waals surface area contributed by atoms with Crippen LogP contribution in [-0.4, -0.2) is 38.7 Å². The smallest absolute Gasteiger partial charge is 0.192 e. The SMILES string of the molecule is COc1ccc(C)cc1C(=O)COC1CCNCC1. The van der Waals surface area contributed by atoms with Crippen molar-refractivity contribution in [2.75, 3.05) is 26.8 Å². The fourth-order valence-corrected chi connectivity index (χ4v) is 2.27. The van der Waals surface area contributed by atoms with Crippen LogP contribution in [0.1, 0.15) is 28.8 Å². The van der Waals surface area contributed by atoms with E-state index in [1.54, 1.807) is 7.11 Å². The third-order valence-corrected chi connectivity index (χ3v) is 3.39. The van der Waals surface area contributed by atoms with Gasteiger partial charge in [0.05, 0.1) is 18.8 Å². The topological polar surface area (TPSA) is 47.6 Å². The van der Waals surface area contributed by atoms with Gasteiger partial charge in [0, 0.05) is 0 Å². The third-order valence-electron chi connectivity index (χ3n) is 3.39. The Hall–Kier alpha value is -1.39. The van der Waals surface area contributed by atoms with Crippen molar-refractivity contribution in [2.45, 2.75) is 25.9 Å². The average Bonchev–Trinajstić information content (AvgIpc) is 2.46. The minimum Gasteiger partial charge on any atom is -0.496 e. The van der Waals surface area contributed by atoms with Crippen LogP contribution >= 0.6 is 0 Å². The Bertz CT molecular complexity index is 439. The molecule has 1 aliphatic rings. The fraction of sp³-hybridized carbons (Fsp3) is 0.533. The highest BCUT2D eigenvalue weighted by molar-refractivity contribution is 5.99. The molecule has 1 heterocycles. The molecule has 1 aliphatic heterocycles. The highest BCUT2D eigenvalue weighted by Gasteiger charge is 2.17. The zero-order chi connectivity index (χ0) is 13.7. The highest BCUT2D eigenvalue weighted by atomic mass is 16.5. The molecule has 0 aromatic heterocycles. The normalized spacial score (nSPS) is 16.3. The van der Waals surface area contributed by atoms with Crippen LogP contribution in [0.4, 0.5) is 0 Å². The van der Waals surface area contributed by atoms with Crippen molar-refractivity contribution in [1.29, 1.82) is 0 Å². The van der Waals surface area contributed by atoms with Gasteiger partial charge in [-0.2, -0.15) is 0 Å². The van der Waals surface area contributed by atoms with Crippen molar-refractivity contribution in [2.24, 2.45) is 0 Å². The maximum absolute atomic E-state index is 12.2. The summed E-state index contributed by atoms with van der Waals surface area (Å²) < 4.78 is 10.9. The number of piperidine rings is 1. The molecule has 0 spiro atoms. The van der Waals surface area contributed by atoms with Crippen LogP contribution < -0.4 is 10.1 Å². The lowest BCUT2D eigenvalue weighted by molar-refractivity contribution is 0.0316. The number of ketones is 1. The van der Waals surface area contributed by atoms with E-state index in [1.165, 1.54) is 0 Å². The van der Waals surface area contributed by atoms with E-state index < -0.39 is 0 Å². The van der Waals surface area contributed by atoms with E-state index >= 15 is 0 Å². The molecule has 4 nitrogen and oxygen atoms in total. The quantitative estimate of drug-likeness (QED) is 0.825. The van der Waals surface area contributed by atoms with E-state index in [-0.39, 0.29) is 18.5 Å². The van der Waals surface area contributed by atoms with Crippen molar-refractivity contribution in [3.05, 3.63) is 29.3 Å². The molecule has 0 radical (unpaired) electrons. The number of carbonyl (C=O) groups is 1. The second-order valence-corrected chi connectivity index (χ2v) is 4.89. The number of nitrogens with one attached hydrogen (secondary N) is 1. The predicted octanol–water partition coefficient (Wildman–Crippen LogP) is 1.95. The van der Waals surface area contributed by atoms with Crippen LogP contribution in [0.15, 0.2) is 18.2 Å². The van der Waals surface area contributed by atoms with Gasteiger partial charge < -0.3 is 14.8 Å². The first-order valence-corrected chi connectivity index (χ1v) is 6.71. The summed E-state index contributed by atoms with van der Waals surface area (Å²) in [6.07, 6.45) is 2.14.